The van der Waals surface area contributed by atoms with Crippen molar-refractivity contribution in [2.45, 2.75) is 19.5 Å². The number of aromatic nitrogens is 2. The zero-order chi connectivity index (χ0) is 21.6. The average Bonchev–Trinajstić information content (AvgIpc) is 2.83. The van der Waals surface area contributed by atoms with Gasteiger partial charge in [0.25, 0.3) is 0 Å². The van der Waals surface area contributed by atoms with Gasteiger partial charge in [-0.1, -0.05) is 42.5 Å². The third-order valence-electron chi connectivity index (χ3n) is 5.17. The van der Waals surface area contributed by atoms with Crippen LogP contribution in [0.25, 0.3) is 10.9 Å². The molecule has 0 aliphatic heterocycles. The first-order chi connectivity index (χ1) is 15.2. The summed E-state index contributed by atoms with van der Waals surface area (Å²) in [6.45, 7) is 0.839. The number of carbonyl (C=O) groups excluding carboxylic acids is 1. The highest BCUT2D eigenvalue weighted by molar-refractivity contribution is 5.93. The first kappa shape index (κ1) is 20.3. The number of hydrogen-bond donors (Lipinski definition) is 0. The summed E-state index contributed by atoms with van der Waals surface area (Å²) in [5, 5.41) is 4.83. The number of fused-ring (bicyclic) bond motifs is 1. The van der Waals surface area contributed by atoms with Gasteiger partial charge in [0.15, 0.2) is 0 Å². The largest absolute Gasteiger partial charge is 0.497 e. The molecule has 6 heteroatoms. The first-order valence-electron chi connectivity index (χ1n) is 10.1. The van der Waals surface area contributed by atoms with Gasteiger partial charge in [0.2, 0.25) is 11.3 Å². The van der Waals surface area contributed by atoms with Gasteiger partial charge < -0.3 is 9.64 Å². The predicted molar refractivity (Wildman–Crippen MR) is 121 cm³/mol. The van der Waals surface area contributed by atoms with Crippen molar-refractivity contribution in [3.8, 4) is 5.75 Å². The Morgan fingerprint density at radius 1 is 0.968 bits per heavy atom. The van der Waals surface area contributed by atoms with Crippen molar-refractivity contribution in [1.82, 2.24) is 9.78 Å². The number of carbonyl (C=O) groups is 1. The zero-order valence-electron chi connectivity index (χ0n) is 17.3. The summed E-state index contributed by atoms with van der Waals surface area (Å²) in [6, 6.07) is 24.6. The Morgan fingerprint density at radius 2 is 1.68 bits per heavy atom. The van der Waals surface area contributed by atoms with E-state index in [1.165, 1.54) is 6.20 Å². The summed E-state index contributed by atoms with van der Waals surface area (Å²) in [6.07, 6.45) is 1.55. The van der Waals surface area contributed by atoms with Crippen LogP contribution in [0.1, 0.15) is 12.0 Å². The van der Waals surface area contributed by atoms with Gasteiger partial charge in [-0.2, -0.15) is 5.10 Å². The number of nitrogens with zero attached hydrogens (tertiary/aromatic N) is 3. The topological polar surface area (TPSA) is 64.4 Å². The maximum absolute atomic E-state index is 13.3. The Balaban J connectivity index is 1.58. The van der Waals surface area contributed by atoms with Crippen molar-refractivity contribution in [2.75, 3.05) is 12.0 Å². The van der Waals surface area contributed by atoms with E-state index >= 15 is 0 Å². The summed E-state index contributed by atoms with van der Waals surface area (Å²) in [5.41, 5.74) is 2.44. The van der Waals surface area contributed by atoms with Crippen molar-refractivity contribution >= 4 is 22.5 Å². The number of rotatable bonds is 7. The first-order valence-corrected chi connectivity index (χ1v) is 10.1. The van der Waals surface area contributed by atoms with E-state index in [0.717, 1.165) is 22.5 Å². The number of hydrogen-bond acceptors (Lipinski definition) is 4. The minimum Gasteiger partial charge on any atom is -0.497 e. The number of para-hydroxylation sites is 1. The highest BCUT2D eigenvalue weighted by Gasteiger charge is 2.17. The van der Waals surface area contributed by atoms with E-state index in [1.807, 2.05) is 72.8 Å². The molecule has 1 amide bonds. The number of anilines is 1. The van der Waals surface area contributed by atoms with E-state index in [2.05, 4.69) is 5.10 Å². The lowest BCUT2D eigenvalue weighted by molar-refractivity contribution is -0.119. The van der Waals surface area contributed by atoms with Gasteiger partial charge >= 0.3 is 0 Å². The smallest absolute Gasteiger partial charge is 0.229 e. The van der Waals surface area contributed by atoms with Crippen LogP contribution in [0.5, 0.6) is 5.75 Å². The Morgan fingerprint density at radius 3 is 2.42 bits per heavy atom. The van der Waals surface area contributed by atoms with Crippen molar-refractivity contribution in [1.29, 1.82) is 0 Å². The van der Waals surface area contributed by atoms with Gasteiger partial charge in [-0.25, -0.2) is 0 Å². The predicted octanol–water partition coefficient (Wildman–Crippen LogP) is 4.03. The fourth-order valence-corrected chi connectivity index (χ4v) is 3.53. The quantitative estimate of drug-likeness (QED) is 0.459. The Bertz CT molecular complexity index is 1230. The van der Waals surface area contributed by atoms with Crippen LogP contribution < -0.4 is 15.1 Å². The summed E-state index contributed by atoms with van der Waals surface area (Å²) in [5.74, 6) is 0.707. The maximum atomic E-state index is 13.3. The van der Waals surface area contributed by atoms with Crippen molar-refractivity contribution in [2.24, 2.45) is 0 Å². The number of benzene rings is 3. The number of amides is 1. The van der Waals surface area contributed by atoms with Crippen LogP contribution in [-0.4, -0.2) is 22.8 Å². The molecule has 3 aromatic carbocycles. The van der Waals surface area contributed by atoms with Gasteiger partial charge in [0.1, 0.15) is 5.75 Å². The van der Waals surface area contributed by atoms with E-state index in [9.17, 15) is 9.59 Å². The van der Waals surface area contributed by atoms with Crippen molar-refractivity contribution in [3.05, 3.63) is 101 Å². The fourth-order valence-electron chi connectivity index (χ4n) is 3.53. The van der Waals surface area contributed by atoms with E-state index < -0.39 is 0 Å². The molecule has 0 saturated carbocycles. The Kier molecular flexibility index (Phi) is 6.08. The second kappa shape index (κ2) is 9.26. The number of methoxy groups -OCH3 is 1. The third-order valence-corrected chi connectivity index (χ3v) is 5.17. The molecule has 4 aromatic rings. The van der Waals surface area contributed by atoms with Gasteiger partial charge in [0, 0.05) is 17.5 Å². The monoisotopic (exact) mass is 413 g/mol. The molecule has 31 heavy (non-hydrogen) atoms. The van der Waals surface area contributed by atoms with E-state index in [0.29, 0.717) is 18.5 Å². The molecule has 0 fully saturated rings. The van der Waals surface area contributed by atoms with Gasteiger partial charge in [-0.3, -0.25) is 14.3 Å². The van der Waals surface area contributed by atoms with Crippen molar-refractivity contribution in [3.63, 3.8) is 0 Å². The van der Waals surface area contributed by atoms with Gasteiger partial charge in [-0.05, 0) is 42.0 Å². The summed E-state index contributed by atoms with van der Waals surface area (Å²) < 4.78 is 6.95. The van der Waals surface area contributed by atoms with Gasteiger partial charge in [-0.15, -0.1) is 0 Å². The Labute approximate surface area is 180 Å². The highest BCUT2D eigenvalue weighted by atomic mass is 16.5. The summed E-state index contributed by atoms with van der Waals surface area (Å²) in [4.78, 5) is 27.1. The second-order valence-corrected chi connectivity index (χ2v) is 7.16. The minimum atomic E-state index is -0.123. The molecule has 1 aromatic heterocycles. The van der Waals surface area contributed by atoms with E-state index in [4.69, 9.17) is 4.74 Å². The molecule has 0 aliphatic carbocycles. The van der Waals surface area contributed by atoms with E-state index in [1.54, 1.807) is 22.8 Å². The van der Waals surface area contributed by atoms with Crippen LogP contribution in [0.3, 0.4) is 0 Å². The molecule has 156 valence electrons. The van der Waals surface area contributed by atoms with Crippen LogP contribution in [0.2, 0.25) is 0 Å². The molecular formula is C25H23N3O3. The highest BCUT2D eigenvalue weighted by Crippen LogP contribution is 2.22. The minimum absolute atomic E-state index is 0.0291. The van der Waals surface area contributed by atoms with Crippen LogP contribution >= 0.6 is 0 Å². The SMILES string of the molecule is COc1ccc(N(Cc2ccccc2)C(=O)CCn2ncc(=O)c3ccccc32)cc1. The zero-order valence-corrected chi connectivity index (χ0v) is 17.3. The van der Waals surface area contributed by atoms with Crippen LogP contribution in [0, 0.1) is 0 Å². The fraction of sp³-hybridized carbons (Fsp3) is 0.160. The van der Waals surface area contributed by atoms with Crippen LogP contribution in [0.15, 0.2) is 89.9 Å². The lowest BCUT2D eigenvalue weighted by atomic mass is 10.1. The van der Waals surface area contributed by atoms with Crippen LogP contribution in [0.4, 0.5) is 5.69 Å². The molecule has 4 rings (SSSR count). The molecule has 0 bridgehead atoms. The maximum Gasteiger partial charge on any atom is 0.229 e. The molecule has 0 radical (unpaired) electrons. The molecule has 0 aliphatic rings. The number of aryl methyl sites for hydroxylation is 1. The van der Waals surface area contributed by atoms with Crippen LogP contribution in [-0.2, 0) is 17.9 Å². The number of ether oxygens (including phenoxy) is 1. The average molecular weight is 413 g/mol. The standard InChI is InChI=1S/C25H23N3O3/c1-31-21-13-11-20(12-14-21)27(18-19-7-3-2-4-8-19)25(30)15-16-28-23-10-6-5-9-22(23)24(29)17-26-28/h2-14,17H,15-16,18H2,1H3. The van der Waals surface area contributed by atoms with E-state index in [-0.39, 0.29) is 17.8 Å². The molecule has 1 heterocycles. The lowest BCUT2D eigenvalue weighted by Crippen LogP contribution is -2.31. The third kappa shape index (κ3) is 4.64. The molecule has 6 nitrogen and oxygen atoms in total. The summed E-state index contributed by atoms with van der Waals surface area (Å²) in [7, 11) is 1.61. The molecule has 0 saturated heterocycles. The van der Waals surface area contributed by atoms with Gasteiger partial charge in [0.05, 0.1) is 31.9 Å². The molecule has 0 N–H and O–H groups in total. The molecule has 0 atom stereocenters. The Hall–Kier alpha value is -3.93. The lowest BCUT2D eigenvalue weighted by Gasteiger charge is -2.24. The van der Waals surface area contributed by atoms with Crippen molar-refractivity contribution < 1.29 is 9.53 Å². The molecule has 0 unspecified atom stereocenters. The summed E-state index contributed by atoms with van der Waals surface area (Å²) >= 11 is 0. The normalized spacial score (nSPS) is 10.7. The molecule has 0 spiro atoms. The second-order valence-electron chi connectivity index (χ2n) is 7.16. The molecular weight excluding hydrogens is 390 g/mol.